The molecular weight excluding hydrogens is 338 g/mol. The summed E-state index contributed by atoms with van der Waals surface area (Å²) in [4.78, 5) is 25.8. The molecule has 5 nitrogen and oxygen atoms in total. The summed E-state index contributed by atoms with van der Waals surface area (Å²) in [5.41, 5.74) is 4.97. The summed E-state index contributed by atoms with van der Waals surface area (Å²) in [6, 6.07) is 13.6. The quantitative estimate of drug-likeness (QED) is 0.670. The molecule has 0 heterocycles. The Hall–Kier alpha value is -2.66. The van der Waals surface area contributed by atoms with Crippen LogP contribution < -0.4 is 15.5 Å². The number of para-hydroxylation sites is 1. The fourth-order valence-electron chi connectivity index (χ4n) is 2.98. The Kier molecular flexibility index (Phi) is 7.55. The molecule has 0 saturated carbocycles. The van der Waals surface area contributed by atoms with E-state index in [0.717, 1.165) is 40.4 Å². The molecule has 0 bridgehead atoms. The summed E-state index contributed by atoms with van der Waals surface area (Å²) in [6.45, 7) is 9.38. The molecular formula is C22H30N3O2+. The van der Waals surface area contributed by atoms with Crippen LogP contribution in [0, 0.1) is 20.8 Å². The fraction of sp³-hybridized carbons (Fsp3) is 0.364. The summed E-state index contributed by atoms with van der Waals surface area (Å²) in [6.07, 6.45) is 0.907. The van der Waals surface area contributed by atoms with Gasteiger partial charge in [0.15, 0.2) is 13.1 Å². The molecule has 1 atom stereocenters. The number of carbonyl (C=O) groups is 2. The van der Waals surface area contributed by atoms with E-state index in [4.69, 9.17) is 0 Å². The SMILES string of the molecule is CCC[NH+](CC(=O)Nc1ccc(C)c(C)c1)CC(=O)Nc1ccccc1C. The van der Waals surface area contributed by atoms with E-state index in [1.165, 1.54) is 5.56 Å². The van der Waals surface area contributed by atoms with Crippen LogP contribution in [0.5, 0.6) is 0 Å². The number of rotatable bonds is 8. The third-order valence-electron chi connectivity index (χ3n) is 4.63. The third kappa shape index (κ3) is 6.53. The zero-order valence-electron chi connectivity index (χ0n) is 16.7. The number of anilines is 2. The van der Waals surface area contributed by atoms with Crippen LogP contribution in [-0.2, 0) is 9.59 Å². The number of benzene rings is 2. The van der Waals surface area contributed by atoms with Gasteiger partial charge in [-0.25, -0.2) is 0 Å². The number of hydrogen-bond donors (Lipinski definition) is 3. The molecule has 2 amide bonds. The minimum Gasteiger partial charge on any atom is -0.321 e. The van der Waals surface area contributed by atoms with Crippen LogP contribution in [-0.4, -0.2) is 31.4 Å². The van der Waals surface area contributed by atoms with E-state index in [2.05, 4.69) is 17.6 Å². The van der Waals surface area contributed by atoms with Crippen LogP contribution in [0.4, 0.5) is 11.4 Å². The van der Waals surface area contributed by atoms with Gasteiger partial charge >= 0.3 is 0 Å². The molecule has 0 spiro atoms. The maximum atomic E-state index is 12.4. The number of nitrogens with one attached hydrogen (secondary N) is 3. The van der Waals surface area contributed by atoms with Gasteiger partial charge in [0.1, 0.15) is 0 Å². The van der Waals surface area contributed by atoms with Crippen molar-refractivity contribution in [1.82, 2.24) is 0 Å². The van der Waals surface area contributed by atoms with Crippen molar-refractivity contribution in [2.75, 3.05) is 30.3 Å². The van der Waals surface area contributed by atoms with Crippen LogP contribution in [0.25, 0.3) is 0 Å². The molecule has 0 aliphatic carbocycles. The molecule has 0 radical (unpaired) electrons. The largest absolute Gasteiger partial charge is 0.321 e. The smallest absolute Gasteiger partial charge is 0.279 e. The van der Waals surface area contributed by atoms with E-state index in [9.17, 15) is 9.59 Å². The van der Waals surface area contributed by atoms with Gasteiger partial charge in [-0.15, -0.1) is 0 Å². The second-order valence-electron chi connectivity index (χ2n) is 7.06. The van der Waals surface area contributed by atoms with Crippen LogP contribution in [0.15, 0.2) is 42.5 Å². The van der Waals surface area contributed by atoms with Gasteiger partial charge in [-0.2, -0.15) is 0 Å². The van der Waals surface area contributed by atoms with Crippen molar-refractivity contribution in [1.29, 1.82) is 0 Å². The molecule has 0 saturated heterocycles. The number of carbonyl (C=O) groups excluding carboxylic acids is 2. The van der Waals surface area contributed by atoms with Crippen molar-refractivity contribution in [3.8, 4) is 0 Å². The Labute approximate surface area is 161 Å². The molecule has 1 unspecified atom stereocenters. The molecule has 2 rings (SSSR count). The van der Waals surface area contributed by atoms with Crippen LogP contribution in [0.3, 0.4) is 0 Å². The minimum absolute atomic E-state index is 0.0771. The molecule has 0 fully saturated rings. The van der Waals surface area contributed by atoms with Crippen LogP contribution in [0.1, 0.15) is 30.0 Å². The van der Waals surface area contributed by atoms with Gasteiger partial charge in [-0.1, -0.05) is 31.2 Å². The topological polar surface area (TPSA) is 62.6 Å². The van der Waals surface area contributed by atoms with Crippen LogP contribution >= 0.6 is 0 Å². The maximum Gasteiger partial charge on any atom is 0.279 e. The van der Waals surface area contributed by atoms with Crippen molar-refractivity contribution in [3.05, 3.63) is 59.2 Å². The first-order valence-electron chi connectivity index (χ1n) is 9.45. The molecule has 0 aliphatic rings. The predicted molar refractivity (Wildman–Crippen MR) is 110 cm³/mol. The number of quaternary nitrogens is 1. The van der Waals surface area contributed by atoms with E-state index in [0.29, 0.717) is 0 Å². The summed E-state index contributed by atoms with van der Waals surface area (Å²) in [7, 11) is 0. The summed E-state index contributed by atoms with van der Waals surface area (Å²) in [5, 5.41) is 5.88. The first kappa shape index (κ1) is 20.6. The van der Waals surface area contributed by atoms with E-state index >= 15 is 0 Å². The lowest BCUT2D eigenvalue weighted by Crippen LogP contribution is -3.14. The average Bonchev–Trinajstić information content (AvgIpc) is 2.60. The average molecular weight is 369 g/mol. The number of hydrogen-bond acceptors (Lipinski definition) is 2. The van der Waals surface area contributed by atoms with Gasteiger partial charge < -0.3 is 15.5 Å². The monoisotopic (exact) mass is 368 g/mol. The lowest BCUT2D eigenvalue weighted by Gasteiger charge is -2.18. The summed E-state index contributed by atoms with van der Waals surface area (Å²) < 4.78 is 0. The lowest BCUT2D eigenvalue weighted by atomic mass is 10.1. The Balaban J connectivity index is 1.93. The lowest BCUT2D eigenvalue weighted by molar-refractivity contribution is -0.883. The Morgan fingerprint density at radius 3 is 2.15 bits per heavy atom. The molecule has 2 aromatic rings. The second kappa shape index (κ2) is 9.88. The highest BCUT2D eigenvalue weighted by atomic mass is 16.2. The Morgan fingerprint density at radius 1 is 0.852 bits per heavy atom. The first-order chi connectivity index (χ1) is 12.9. The third-order valence-corrected chi connectivity index (χ3v) is 4.63. The molecule has 3 N–H and O–H groups in total. The summed E-state index contributed by atoms with van der Waals surface area (Å²) >= 11 is 0. The van der Waals surface area contributed by atoms with Gasteiger partial charge in [0.25, 0.3) is 11.8 Å². The Bertz CT molecular complexity index is 802. The first-order valence-corrected chi connectivity index (χ1v) is 9.45. The van der Waals surface area contributed by atoms with Gasteiger partial charge in [0.2, 0.25) is 0 Å². The normalized spacial score (nSPS) is 11.7. The Morgan fingerprint density at radius 2 is 1.52 bits per heavy atom. The van der Waals surface area contributed by atoms with Crippen molar-refractivity contribution >= 4 is 23.2 Å². The fourth-order valence-corrected chi connectivity index (χ4v) is 2.98. The van der Waals surface area contributed by atoms with Gasteiger partial charge in [0, 0.05) is 11.4 Å². The highest BCUT2D eigenvalue weighted by Gasteiger charge is 2.18. The predicted octanol–water partition coefficient (Wildman–Crippen LogP) is 2.48. The molecule has 0 aromatic heterocycles. The van der Waals surface area contributed by atoms with Crippen molar-refractivity contribution in [2.45, 2.75) is 34.1 Å². The zero-order chi connectivity index (χ0) is 19.8. The number of aryl methyl sites for hydroxylation is 3. The minimum atomic E-state index is -0.0783. The van der Waals surface area contributed by atoms with Gasteiger partial charge in [0.05, 0.1) is 6.54 Å². The van der Waals surface area contributed by atoms with E-state index in [-0.39, 0.29) is 24.9 Å². The van der Waals surface area contributed by atoms with Gasteiger partial charge in [-0.3, -0.25) is 9.59 Å². The zero-order valence-corrected chi connectivity index (χ0v) is 16.7. The second-order valence-corrected chi connectivity index (χ2v) is 7.06. The molecule has 27 heavy (non-hydrogen) atoms. The molecule has 5 heteroatoms. The number of amides is 2. The van der Waals surface area contributed by atoms with E-state index in [1.807, 2.05) is 63.2 Å². The van der Waals surface area contributed by atoms with Crippen LogP contribution in [0.2, 0.25) is 0 Å². The van der Waals surface area contributed by atoms with Crippen molar-refractivity contribution < 1.29 is 14.5 Å². The highest BCUT2D eigenvalue weighted by molar-refractivity contribution is 5.93. The maximum absolute atomic E-state index is 12.4. The standard InChI is InChI=1S/C22H29N3O2/c1-5-12-25(15-22(27)24-20-9-7-6-8-17(20)3)14-21(26)23-19-11-10-16(2)18(4)13-19/h6-11,13H,5,12,14-15H2,1-4H3,(H,23,26)(H,24,27)/p+1. The highest BCUT2D eigenvalue weighted by Crippen LogP contribution is 2.14. The molecule has 0 aliphatic heterocycles. The van der Waals surface area contributed by atoms with Crippen molar-refractivity contribution in [3.63, 3.8) is 0 Å². The van der Waals surface area contributed by atoms with Gasteiger partial charge in [-0.05, 0) is 62.1 Å². The molecule has 144 valence electrons. The van der Waals surface area contributed by atoms with E-state index < -0.39 is 0 Å². The van der Waals surface area contributed by atoms with E-state index in [1.54, 1.807) is 0 Å². The van der Waals surface area contributed by atoms with Crippen molar-refractivity contribution in [2.24, 2.45) is 0 Å². The summed E-state index contributed by atoms with van der Waals surface area (Å²) in [5.74, 6) is -0.155. The molecule has 2 aromatic carbocycles.